The van der Waals surface area contributed by atoms with Crippen LogP contribution in [0.1, 0.15) is 21.5 Å². The fourth-order valence-corrected chi connectivity index (χ4v) is 2.73. The number of rotatable bonds is 6. The number of fused-ring (bicyclic) bond motifs is 1. The van der Waals surface area contributed by atoms with E-state index in [9.17, 15) is 23.6 Å². The average molecular weight is 384 g/mol. The summed E-state index contributed by atoms with van der Waals surface area (Å²) in [5.74, 6) is -2.86. The standard InChI is InChI=1S/C20H17FN2O5/c21-15-7-5-13(6-8-15)10-22-17(24)12-28-19(26)11-23-18(25)9-14-3-1-2-4-16(14)20(23)27/h1-8H,9-12H2,(H,22,24). The average Bonchev–Trinajstić information content (AvgIpc) is 2.69. The Morgan fingerprint density at radius 2 is 1.79 bits per heavy atom. The minimum atomic E-state index is -0.863. The molecule has 28 heavy (non-hydrogen) atoms. The molecule has 8 heteroatoms. The summed E-state index contributed by atoms with van der Waals surface area (Å²) in [5, 5.41) is 2.52. The monoisotopic (exact) mass is 384 g/mol. The van der Waals surface area contributed by atoms with Gasteiger partial charge in [-0.1, -0.05) is 30.3 Å². The van der Waals surface area contributed by atoms with E-state index in [0.717, 1.165) is 4.90 Å². The predicted octanol–water partition coefficient (Wildman–Crippen LogP) is 1.21. The Bertz CT molecular complexity index is 926. The lowest BCUT2D eigenvalue weighted by Gasteiger charge is -2.25. The fourth-order valence-electron chi connectivity index (χ4n) is 2.73. The van der Waals surface area contributed by atoms with Crippen molar-refractivity contribution >= 4 is 23.7 Å². The third kappa shape index (κ3) is 4.59. The van der Waals surface area contributed by atoms with Gasteiger partial charge in [0.05, 0.1) is 6.42 Å². The van der Waals surface area contributed by atoms with Gasteiger partial charge in [-0.05, 0) is 29.3 Å². The van der Waals surface area contributed by atoms with Crippen molar-refractivity contribution in [3.05, 3.63) is 71.0 Å². The summed E-state index contributed by atoms with van der Waals surface area (Å²) in [7, 11) is 0. The fraction of sp³-hybridized carbons (Fsp3) is 0.200. The van der Waals surface area contributed by atoms with Crippen LogP contribution in [0, 0.1) is 5.82 Å². The molecule has 0 unspecified atom stereocenters. The molecule has 0 saturated carbocycles. The molecule has 1 aliphatic heterocycles. The number of hydrogen-bond acceptors (Lipinski definition) is 5. The number of nitrogens with zero attached hydrogens (tertiary/aromatic N) is 1. The van der Waals surface area contributed by atoms with E-state index in [2.05, 4.69) is 5.32 Å². The highest BCUT2D eigenvalue weighted by Crippen LogP contribution is 2.19. The second kappa shape index (κ2) is 8.43. The molecule has 1 aliphatic rings. The van der Waals surface area contributed by atoms with Crippen molar-refractivity contribution in [3.63, 3.8) is 0 Å². The zero-order chi connectivity index (χ0) is 20.1. The number of imide groups is 1. The zero-order valence-electron chi connectivity index (χ0n) is 14.8. The lowest BCUT2D eigenvalue weighted by molar-refractivity contribution is -0.151. The molecule has 0 aliphatic carbocycles. The highest BCUT2D eigenvalue weighted by molar-refractivity contribution is 6.11. The Morgan fingerprint density at radius 1 is 1.07 bits per heavy atom. The molecule has 0 aromatic heterocycles. The molecule has 0 bridgehead atoms. The van der Waals surface area contributed by atoms with Gasteiger partial charge in [0.25, 0.3) is 11.8 Å². The van der Waals surface area contributed by atoms with Crippen molar-refractivity contribution < 1.29 is 28.3 Å². The Labute approximate surface area is 160 Å². The van der Waals surface area contributed by atoms with Crippen molar-refractivity contribution in [2.75, 3.05) is 13.2 Å². The van der Waals surface area contributed by atoms with Crippen LogP contribution in [-0.2, 0) is 32.1 Å². The Morgan fingerprint density at radius 3 is 2.54 bits per heavy atom. The first-order chi connectivity index (χ1) is 13.4. The normalized spacial score (nSPS) is 13.1. The second-order valence-corrected chi connectivity index (χ2v) is 6.18. The summed E-state index contributed by atoms with van der Waals surface area (Å²) in [6.07, 6.45) is 0.0212. The van der Waals surface area contributed by atoms with Gasteiger partial charge in [0.15, 0.2) is 6.61 Å². The van der Waals surface area contributed by atoms with Crippen LogP contribution in [-0.4, -0.2) is 41.7 Å². The molecule has 1 heterocycles. The molecule has 3 amide bonds. The summed E-state index contributed by atoms with van der Waals surface area (Å²) in [6, 6.07) is 12.3. The van der Waals surface area contributed by atoms with Crippen LogP contribution in [0.25, 0.3) is 0 Å². The predicted molar refractivity (Wildman–Crippen MR) is 95.4 cm³/mol. The maximum absolute atomic E-state index is 12.8. The van der Waals surface area contributed by atoms with Gasteiger partial charge in [-0.2, -0.15) is 0 Å². The number of esters is 1. The van der Waals surface area contributed by atoms with Crippen LogP contribution >= 0.6 is 0 Å². The Hall–Kier alpha value is -3.55. The van der Waals surface area contributed by atoms with E-state index >= 15 is 0 Å². The van der Waals surface area contributed by atoms with E-state index in [0.29, 0.717) is 16.7 Å². The van der Waals surface area contributed by atoms with Crippen molar-refractivity contribution in [2.24, 2.45) is 0 Å². The molecule has 0 atom stereocenters. The van der Waals surface area contributed by atoms with Crippen LogP contribution in [0.2, 0.25) is 0 Å². The number of ether oxygens (including phenoxy) is 1. The summed E-state index contributed by atoms with van der Waals surface area (Å²) >= 11 is 0. The van der Waals surface area contributed by atoms with Crippen LogP contribution < -0.4 is 5.32 Å². The summed E-state index contributed by atoms with van der Waals surface area (Å²) in [5.41, 5.74) is 1.67. The van der Waals surface area contributed by atoms with E-state index in [1.165, 1.54) is 24.3 Å². The van der Waals surface area contributed by atoms with Gasteiger partial charge in [0.2, 0.25) is 5.91 Å². The molecular formula is C20H17FN2O5. The SMILES string of the molecule is O=C(COC(=O)CN1C(=O)Cc2ccccc2C1=O)NCc1ccc(F)cc1. The molecule has 144 valence electrons. The molecule has 0 saturated heterocycles. The second-order valence-electron chi connectivity index (χ2n) is 6.18. The number of benzene rings is 2. The number of nitrogens with one attached hydrogen (secondary N) is 1. The number of amides is 3. The van der Waals surface area contributed by atoms with Gasteiger partial charge in [-0.15, -0.1) is 0 Å². The first kappa shape index (κ1) is 19.2. The van der Waals surface area contributed by atoms with E-state index < -0.39 is 36.8 Å². The van der Waals surface area contributed by atoms with Crippen LogP contribution in [0.4, 0.5) is 4.39 Å². The molecule has 2 aromatic carbocycles. The molecular weight excluding hydrogens is 367 g/mol. The van der Waals surface area contributed by atoms with E-state index in [1.54, 1.807) is 24.3 Å². The van der Waals surface area contributed by atoms with Crippen molar-refractivity contribution in [1.29, 1.82) is 0 Å². The van der Waals surface area contributed by atoms with Gasteiger partial charge in [-0.3, -0.25) is 24.1 Å². The lowest BCUT2D eigenvalue weighted by atomic mass is 9.98. The Kier molecular flexibility index (Phi) is 5.78. The molecule has 0 spiro atoms. The van der Waals surface area contributed by atoms with Crippen LogP contribution in [0.15, 0.2) is 48.5 Å². The van der Waals surface area contributed by atoms with Gasteiger partial charge in [0, 0.05) is 12.1 Å². The van der Waals surface area contributed by atoms with E-state index in [1.807, 2.05) is 0 Å². The number of halogens is 1. The summed E-state index contributed by atoms with van der Waals surface area (Å²) in [6.45, 7) is -0.958. The number of carbonyl (C=O) groups excluding carboxylic acids is 4. The van der Waals surface area contributed by atoms with Crippen LogP contribution in [0.3, 0.4) is 0 Å². The lowest BCUT2D eigenvalue weighted by Crippen LogP contribution is -2.45. The van der Waals surface area contributed by atoms with Crippen molar-refractivity contribution in [2.45, 2.75) is 13.0 Å². The minimum Gasteiger partial charge on any atom is -0.454 e. The molecule has 7 nitrogen and oxygen atoms in total. The topological polar surface area (TPSA) is 92.8 Å². The van der Waals surface area contributed by atoms with Gasteiger partial charge < -0.3 is 10.1 Å². The maximum Gasteiger partial charge on any atom is 0.326 e. The molecule has 1 N–H and O–H groups in total. The molecule has 0 fully saturated rings. The first-order valence-electron chi connectivity index (χ1n) is 8.53. The maximum atomic E-state index is 12.8. The quantitative estimate of drug-likeness (QED) is 0.597. The molecule has 2 aromatic rings. The third-order valence-corrected chi connectivity index (χ3v) is 4.19. The number of hydrogen-bond donors (Lipinski definition) is 1. The van der Waals surface area contributed by atoms with E-state index in [-0.39, 0.29) is 18.8 Å². The highest BCUT2D eigenvalue weighted by Gasteiger charge is 2.32. The minimum absolute atomic E-state index is 0.0212. The first-order valence-corrected chi connectivity index (χ1v) is 8.53. The van der Waals surface area contributed by atoms with Crippen molar-refractivity contribution in [1.82, 2.24) is 10.2 Å². The van der Waals surface area contributed by atoms with E-state index in [4.69, 9.17) is 4.74 Å². The highest BCUT2D eigenvalue weighted by atomic mass is 19.1. The van der Waals surface area contributed by atoms with Crippen molar-refractivity contribution in [3.8, 4) is 0 Å². The largest absolute Gasteiger partial charge is 0.454 e. The van der Waals surface area contributed by atoms with Gasteiger partial charge >= 0.3 is 5.97 Å². The van der Waals surface area contributed by atoms with Gasteiger partial charge in [0.1, 0.15) is 12.4 Å². The Balaban J connectivity index is 1.47. The number of carbonyl (C=O) groups is 4. The molecule has 0 radical (unpaired) electrons. The molecule has 3 rings (SSSR count). The smallest absolute Gasteiger partial charge is 0.326 e. The van der Waals surface area contributed by atoms with Gasteiger partial charge in [-0.25, -0.2) is 4.39 Å². The third-order valence-electron chi connectivity index (χ3n) is 4.19. The van der Waals surface area contributed by atoms with Crippen LogP contribution in [0.5, 0.6) is 0 Å². The summed E-state index contributed by atoms with van der Waals surface area (Å²) < 4.78 is 17.7. The summed E-state index contributed by atoms with van der Waals surface area (Å²) in [4.78, 5) is 49.0. The zero-order valence-corrected chi connectivity index (χ0v) is 14.8.